The van der Waals surface area contributed by atoms with Crippen LogP contribution in [0.1, 0.15) is 35.6 Å². The standard InChI is InChI=1S/C34H40N4O5/c39-23-8-24-42-30-16-14-29(15-17-30)32-36-34(18-7-11-27-9-3-1-4-10-27,31(43-32)28-12-5-2-6-13-28)33(40)37-35-19-20-38-21-25-41-26-22-38/h1-7,9-17,31,35,39H,8,18-26H2,(H,37,40)/b11-7+/t31-,34-/m0/s1. The molecule has 5 rings (SSSR count). The van der Waals surface area contributed by atoms with Gasteiger partial charge >= 0.3 is 0 Å². The number of hydrogen-bond donors (Lipinski definition) is 3. The van der Waals surface area contributed by atoms with E-state index in [1.165, 1.54) is 0 Å². The Bertz CT molecular complexity index is 1340. The third kappa shape index (κ3) is 8.09. The summed E-state index contributed by atoms with van der Waals surface area (Å²) < 4.78 is 17.7. The Labute approximate surface area is 253 Å². The first-order valence-electron chi connectivity index (χ1n) is 14.9. The predicted molar refractivity (Wildman–Crippen MR) is 167 cm³/mol. The quantitative estimate of drug-likeness (QED) is 0.196. The first-order chi connectivity index (χ1) is 21.2. The second kappa shape index (κ2) is 15.5. The van der Waals surface area contributed by atoms with Gasteiger partial charge in [0.25, 0.3) is 5.91 Å². The first-order valence-corrected chi connectivity index (χ1v) is 14.9. The Kier molecular flexibility index (Phi) is 10.9. The number of nitrogens with zero attached hydrogens (tertiary/aromatic N) is 2. The molecule has 3 N–H and O–H groups in total. The third-order valence-corrected chi connectivity index (χ3v) is 7.53. The molecule has 2 heterocycles. The molecular weight excluding hydrogens is 544 g/mol. The van der Waals surface area contributed by atoms with E-state index in [1.807, 2.05) is 97.1 Å². The lowest BCUT2D eigenvalue weighted by Gasteiger charge is -2.30. The molecule has 43 heavy (non-hydrogen) atoms. The van der Waals surface area contributed by atoms with Crippen molar-refractivity contribution in [3.05, 3.63) is 108 Å². The molecule has 0 unspecified atom stereocenters. The van der Waals surface area contributed by atoms with Gasteiger partial charge in [-0.15, -0.1) is 0 Å². The van der Waals surface area contributed by atoms with Crippen molar-refractivity contribution in [2.75, 3.05) is 52.6 Å². The fourth-order valence-electron chi connectivity index (χ4n) is 5.17. The van der Waals surface area contributed by atoms with Crippen molar-refractivity contribution in [3.8, 4) is 5.75 Å². The number of morpholine rings is 1. The summed E-state index contributed by atoms with van der Waals surface area (Å²) >= 11 is 0. The second-order valence-electron chi connectivity index (χ2n) is 10.6. The van der Waals surface area contributed by atoms with Gasteiger partial charge in [0.2, 0.25) is 5.90 Å². The Hall–Kier alpha value is -4.02. The Balaban J connectivity index is 1.41. The van der Waals surface area contributed by atoms with Crippen LogP contribution in [0.3, 0.4) is 0 Å². The lowest BCUT2D eigenvalue weighted by Crippen LogP contribution is -2.53. The van der Waals surface area contributed by atoms with Gasteiger partial charge in [0, 0.05) is 51.2 Å². The minimum Gasteiger partial charge on any atom is -0.494 e. The summed E-state index contributed by atoms with van der Waals surface area (Å²) in [6.45, 7) is 5.11. The molecule has 2 aliphatic heterocycles. The molecule has 0 bridgehead atoms. The minimum absolute atomic E-state index is 0.0779. The molecule has 0 aliphatic carbocycles. The van der Waals surface area contributed by atoms with Crippen molar-refractivity contribution in [2.24, 2.45) is 4.99 Å². The molecule has 1 amide bonds. The average Bonchev–Trinajstić information content (AvgIpc) is 3.46. The summed E-state index contributed by atoms with van der Waals surface area (Å²) in [7, 11) is 0. The number of carbonyl (C=O) groups is 1. The van der Waals surface area contributed by atoms with Crippen molar-refractivity contribution in [2.45, 2.75) is 24.5 Å². The van der Waals surface area contributed by atoms with Crippen LogP contribution in [0, 0.1) is 0 Å². The SMILES string of the molecule is O=C(NNCCN1CCOCC1)[C@@]1(C/C=C/c2ccccc2)N=C(c2ccc(OCCCO)cc2)O[C@H]1c1ccccc1. The number of aliphatic hydroxyl groups is 1. The van der Waals surface area contributed by atoms with Crippen LogP contribution >= 0.6 is 0 Å². The van der Waals surface area contributed by atoms with Crippen LogP contribution < -0.4 is 15.6 Å². The van der Waals surface area contributed by atoms with Crippen LogP contribution in [0.5, 0.6) is 5.75 Å². The van der Waals surface area contributed by atoms with Crippen LogP contribution in [-0.2, 0) is 14.3 Å². The molecule has 0 radical (unpaired) electrons. The van der Waals surface area contributed by atoms with Gasteiger partial charge in [-0.25, -0.2) is 10.4 Å². The summed E-state index contributed by atoms with van der Waals surface area (Å²) in [6, 6.07) is 27.2. The number of ether oxygens (including phenoxy) is 3. The van der Waals surface area contributed by atoms with E-state index in [4.69, 9.17) is 24.3 Å². The van der Waals surface area contributed by atoms with Gasteiger partial charge < -0.3 is 19.3 Å². The number of nitrogens with one attached hydrogen (secondary N) is 2. The normalized spacial score (nSPS) is 20.5. The first kappa shape index (κ1) is 30.4. The van der Waals surface area contributed by atoms with E-state index >= 15 is 0 Å². The summed E-state index contributed by atoms with van der Waals surface area (Å²) in [5, 5.41) is 9.04. The Morgan fingerprint density at radius 2 is 1.74 bits per heavy atom. The molecule has 2 aliphatic rings. The van der Waals surface area contributed by atoms with Crippen LogP contribution in [0.4, 0.5) is 0 Å². The van der Waals surface area contributed by atoms with Crippen LogP contribution in [0.25, 0.3) is 6.08 Å². The number of carbonyl (C=O) groups excluding carboxylic acids is 1. The van der Waals surface area contributed by atoms with Gasteiger partial charge in [-0.1, -0.05) is 72.8 Å². The van der Waals surface area contributed by atoms with Gasteiger partial charge in [0.1, 0.15) is 5.75 Å². The third-order valence-electron chi connectivity index (χ3n) is 7.53. The number of hydrogen-bond acceptors (Lipinski definition) is 8. The highest BCUT2D eigenvalue weighted by Crippen LogP contribution is 2.42. The molecule has 0 spiro atoms. The van der Waals surface area contributed by atoms with Gasteiger partial charge in [0.15, 0.2) is 11.6 Å². The number of aliphatic hydroxyl groups excluding tert-OH is 1. The highest BCUT2D eigenvalue weighted by molar-refractivity contribution is 6.01. The summed E-state index contributed by atoms with van der Waals surface area (Å²) in [4.78, 5) is 21.5. The van der Waals surface area contributed by atoms with E-state index in [1.54, 1.807) is 0 Å². The van der Waals surface area contributed by atoms with Crippen molar-refractivity contribution in [1.29, 1.82) is 0 Å². The summed E-state index contributed by atoms with van der Waals surface area (Å²) in [6.07, 6.45) is 4.24. The maximum atomic E-state index is 14.2. The highest BCUT2D eigenvalue weighted by Gasteiger charge is 2.52. The van der Waals surface area contributed by atoms with E-state index in [2.05, 4.69) is 15.8 Å². The lowest BCUT2D eigenvalue weighted by atomic mass is 9.84. The van der Waals surface area contributed by atoms with Crippen molar-refractivity contribution in [1.82, 2.24) is 15.8 Å². The number of benzene rings is 3. The van der Waals surface area contributed by atoms with Crippen molar-refractivity contribution in [3.63, 3.8) is 0 Å². The Morgan fingerprint density at radius 1 is 1.02 bits per heavy atom. The maximum Gasteiger partial charge on any atom is 0.266 e. The Morgan fingerprint density at radius 3 is 2.47 bits per heavy atom. The van der Waals surface area contributed by atoms with E-state index in [0.29, 0.717) is 37.6 Å². The molecule has 1 saturated heterocycles. The molecule has 0 saturated carbocycles. The molecule has 226 valence electrons. The van der Waals surface area contributed by atoms with Gasteiger partial charge in [-0.05, 0) is 35.4 Å². The van der Waals surface area contributed by atoms with Crippen LogP contribution in [-0.4, -0.2) is 80.0 Å². The fraction of sp³-hybridized carbons (Fsp3) is 0.353. The van der Waals surface area contributed by atoms with Crippen molar-refractivity contribution >= 4 is 17.9 Å². The fourth-order valence-corrected chi connectivity index (χ4v) is 5.17. The van der Waals surface area contributed by atoms with E-state index in [9.17, 15) is 4.79 Å². The number of rotatable bonds is 14. The molecule has 1 fully saturated rings. The zero-order valence-corrected chi connectivity index (χ0v) is 24.4. The average molecular weight is 585 g/mol. The van der Waals surface area contributed by atoms with Crippen LogP contribution in [0.2, 0.25) is 0 Å². The monoisotopic (exact) mass is 584 g/mol. The molecule has 3 aromatic rings. The van der Waals surface area contributed by atoms with E-state index in [-0.39, 0.29) is 12.5 Å². The van der Waals surface area contributed by atoms with Gasteiger partial charge in [-0.2, -0.15) is 0 Å². The van der Waals surface area contributed by atoms with Crippen LogP contribution in [0.15, 0.2) is 96.0 Å². The molecular formula is C34H40N4O5. The largest absolute Gasteiger partial charge is 0.494 e. The number of aliphatic imine (C=N–C) groups is 1. The maximum absolute atomic E-state index is 14.2. The topological polar surface area (TPSA) is 105 Å². The van der Waals surface area contributed by atoms with E-state index < -0.39 is 11.6 Å². The van der Waals surface area contributed by atoms with Crippen molar-refractivity contribution < 1.29 is 24.1 Å². The zero-order chi connectivity index (χ0) is 29.7. The molecule has 9 nitrogen and oxygen atoms in total. The molecule has 0 aromatic heterocycles. The predicted octanol–water partition coefficient (Wildman–Crippen LogP) is 3.76. The zero-order valence-electron chi connectivity index (χ0n) is 24.4. The number of amides is 1. The van der Waals surface area contributed by atoms with Gasteiger partial charge in [0.05, 0.1) is 19.8 Å². The molecule has 2 atom stereocenters. The van der Waals surface area contributed by atoms with E-state index in [0.717, 1.165) is 49.5 Å². The highest BCUT2D eigenvalue weighted by atomic mass is 16.5. The summed E-state index contributed by atoms with van der Waals surface area (Å²) in [5.41, 5.74) is 7.48. The lowest BCUT2D eigenvalue weighted by molar-refractivity contribution is -0.129. The molecule has 9 heteroatoms. The second-order valence-corrected chi connectivity index (χ2v) is 10.6. The number of hydrazine groups is 1. The van der Waals surface area contributed by atoms with Gasteiger partial charge in [-0.3, -0.25) is 15.1 Å². The smallest absolute Gasteiger partial charge is 0.266 e. The summed E-state index contributed by atoms with van der Waals surface area (Å²) in [5.74, 6) is 0.821. The minimum atomic E-state index is -1.26. The molecule has 3 aromatic carbocycles.